The fraction of sp³-hybridized carbons (Fsp3) is 0.294. The fourth-order valence-electron chi connectivity index (χ4n) is 2.75. The van der Waals surface area contributed by atoms with Crippen LogP contribution in [0.3, 0.4) is 0 Å². The molecule has 144 valence electrons. The molecule has 1 aromatic heterocycles. The van der Waals surface area contributed by atoms with Crippen LogP contribution in [0.25, 0.3) is 0 Å². The quantitative estimate of drug-likeness (QED) is 0.709. The van der Waals surface area contributed by atoms with Crippen LogP contribution < -0.4 is 4.90 Å². The lowest BCUT2D eigenvalue weighted by Crippen LogP contribution is -2.49. The molecule has 1 saturated heterocycles. The second-order valence-electron chi connectivity index (χ2n) is 5.94. The zero-order valence-electron chi connectivity index (χ0n) is 13.7. The van der Waals surface area contributed by atoms with Gasteiger partial charge in [-0.3, -0.25) is 4.79 Å². The summed E-state index contributed by atoms with van der Waals surface area (Å²) in [5.74, 6) is -2.41. The molecule has 0 bridgehead atoms. The average Bonchev–Trinajstić information content (AvgIpc) is 2.63. The minimum Gasteiger partial charge on any atom is -0.352 e. The van der Waals surface area contributed by atoms with Crippen LogP contribution in [0.1, 0.15) is 15.9 Å². The number of carbonyl (C=O) groups excluding carboxylic acids is 1. The molecule has 0 N–H and O–H groups in total. The Hall–Kier alpha value is -2.42. The van der Waals surface area contributed by atoms with E-state index in [9.17, 15) is 26.7 Å². The lowest BCUT2D eigenvalue weighted by Gasteiger charge is -2.35. The number of aromatic nitrogens is 1. The number of benzene rings is 1. The number of alkyl halides is 3. The first-order valence-electron chi connectivity index (χ1n) is 7.89. The van der Waals surface area contributed by atoms with E-state index in [2.05, 4.69) is 4.98 Å². The molecule has 1 aliphatic heterocycles. The summed E-state index contributed by atoms with van der Waals surface area (Å²) in [4.78, 5) is 19.3. The third-order valence-electron chi connectivity index (χ3n) is 4.18. The third-order valence-corrected chi connectivity index (χ3v) is 4.46. The van der Waals surface area contributed by atoms with Gasteiger partial charge in [-0.1, -0.05) is 11.6 Å². The van der Waals surface area contributed by atoms with Gasteiger partial charge in [-0.25, -0.2) is 13.8 Å². The molecule has 1 aromatic carbocycles. The molecule has 2 heterocycles. The van der Waals surface area contributed by atoms with Gasteiger partial charge in [0, 0.05) is 37.9 Å². The summed E-state index contributed by atoms with van der Waals surface area (Å²) >= 11 is 5.93. The standard InChI is InChI=1S/C17H13ClF5N3O/c18-12-8-11(17(21,22)23)9-24-15(12)25-3-5-26(6-4-25)16(27)10-1-2-13(19)14(20)7-10/h1-2,7-9H,3-6H2. The number of hydrogen-bond donors (Lipinski definition) is 0. The first-order chi connectivity index (χ1) is 12.7. The summed E-state index contributed by atoms with van der Waals surface area (Å²) in [6, 6.07) is 3.72. The Kier molecular flexibility index (Phi) is 5.23. The van der Waals surface area contributed by atoms with Crippen molar-refractivity contribution in [1.82, 2.24) is 9.88 Å². The molecule has 0 radical (unpaired) electrons. The molecular weight excluding hydrogens is 393 g/mol. The average molecular weight is 406 g/mol. The molecule has 0 atom stereocenters. The number of carbonyl (C=O) groups is 1. The highest BCUT2D eigenvalue weighted by Crippen LogP contribution is 2.33. The van der Waals surface area contributed by atoms with E-state index >= 15 is 0 Å². The van der Waals surface area contributed by atoms with E-state index in [1.54, 1.807) is 4.90 Å². The van der Waals surface area contributed by atoms with Gasteiger partial charge in [0.25, 0.3) is 5.91 Å². The molecular formula is C17H13ClF5N3O. The molecule has 4 nitrogen and oxygen atoms in total. The Morgan fingerprint density at radius 1 is 1.04 bits per heavy atom. The molecule has 2 aromatic rings. The Balaban J connectivity index is 1.68. The molecule has 0 spiro atoms. The number of anilines is 1. The lowest BCUT2D eigenvalue weighted by atomic mass is 10.1. The van der Waals surface area contributed by atoms with Crippen molar-refractivity contribution in [2.45, 2.75) is 6.18 Å². The van der Waals surface area contributed by atoms with Gasteiger partial charge in [-0.15, -0.1) is 0 Å². The highest BCUT2D eigenvalue weighted by atomic mass is 35.5. The van der Waals surface area contributed by atoms with Gasteiger partial charge in [-0.2, -0.15) is 13.2 Å². The second-order valence-corrected chi connectivity index (χ2v) is 6.34. The summed E-state index contributed by atoms with van der Waals surface area (Å²) < 4.78 is 64.4. The van der Waals surface area contributed by atoms with Crippen LogP contribution in [0.15, 0.2) is 30.5 Å². The Labute approximate surface area is 156 Å². The minimum atomic E-state index is -4.54. The van der Waals surface area contributed by atoms with Gasteiger partial charge >= 0.3 is 6.18 Å². The topological polar surface area (TPSA) is 36.4 Å². The normalized spacial score (nSPS) is 15.2. The van der Waals surface area contributed by atoms with Gasteiger partial charge in [0.2, 0.25) is 0 Å². The number of nitrogens with zero attached hydrogens (tertiary/aromatic N) is 3. The van der Waals surface area contributed by atoms with E-state index in [1.807, 2.05) is 0 Å². The maximum absolute atomic E-state index is 13.3. The van der Waals surface area contributed by atoms with E-state index < -0.39 is 29.3 Å². The lowest BCUT2D eigenvalue weighted by molar-refractivity contribution is -0.137. The summed E-state index contributed by atoms with van der Waals surface area (Å²) in [7, 11) is 0. The number of rotatable bonds is 2. The van der Waals surface area contributed by atoms with Crippen molar-refractivity contribution in [2.24, 2.45) is 0 Å². The molecule has 1 fully saturated rings. The largest absolute Gasteiger partial charge is 0.417 e. The first kappa shape index (κ1) is 19.3. The highest BCUT2D eigenvalue weighted by Gasteiger charge is 2.32. The Bertz CT molecular complexity index is 866. The van der Waals surface area contributed by atoms with Crippen molar-refractivity contribution in [3.8, 4) is 0 Å². The van der Waals surface area contributed by atoms with Crippen LogP contribution in [-0.2, 0) is 6.18 Å². The molecule has 1 amide bonds. The monoisotopic (exact) mass is 405 g/mol. The van der Waals surface area contributed by atoms with Crippen molar-refractivity contribution in [3.63, 3.8) is 0 Å². The van der Waals surface area contributed by atoms with Gasteiger partial charge < -0.3 is 9.80 Å². The van der Waals surface area contributed by atoms with Crippen LogP contribution in [0.2, 0.25) is 5.02 Å². The molecule has 0 saturated carbocycles. The van der Waals surface area contributed by atoms with Crippen molar-refractivity contribution in [3.05, 3.63) is 58.2 Å². The molecule has 0 unspecified atom stereocenters. The summed E-state index contributed by atoms with van der Waals surface area (Å²) in [6.07, 6.45) is -3.83. The second kappa shape index (κ2) is 7.30. The maximum Gasteiger partial charge on any atom is 0.417 e. The smallest absolute Gasteiger partial charge is 0.352 e. The summed E-state index contributed by atoms with van der Waals surface area (Å²) in [6.45, 7) is 1.04. The zero-order chi connectivity index (χ0) is 19.8. The summed E-state index contributed by atoms with van der Waals surface area (Å²) in [5.41, 5.74) is -0.920. The van der Waals surface area contributed by atoms with Crippen LogP contribution in [0, 0.1) is 11.6 Å². The van der Waals surface area contributed by atoms with E-state index in [0.717, 1.165) is 18.2 Å². The van der Waals surface area contributed by atoms with Gasteiger partial charge in [0.05, 0.1) is 10.6 Å². The molecule has 10 heteroatoms. The van der Waals surface area contributed by atoms with Crippen LogP contribution >= 0.6 is 11.6 Å². The number of halogens is 6. The minimum absolute atomic E-state index is 0.0213. The third kappa shape index (κ3) is 4.13. The Morgan fingerprint density at radius 3 is 2.26 bits per heavy atom. The van der Waals surface area contributed by atoms with Crippen molar-refractivity contribution in [1.29, 1.82) is 0 Å². The molecule has 0 aliphatic carbocycles. The van der Waals surface area contributed by atoms with Crippen molar-refractivity contribution < 1.29 is 26.7 Å². The number of pyridine rings is 1. The van der Waals surface area contributed by atoms with Crippen molar-refractivity contribution >= 4 is 23.3 Å². The first-order valence-corrected chi connectivity index (χ1v) is 8.26. The predicted octanol–water partition coefficient (Wildman–Crippen LogP) is 3.99. The van der Waals surface area contributed by atoms with Crippen LogP contribution in [0.5, 0.6) is 0 Å². The number of amides is 1. The summed E-state index contributed by atoms with van der Waals surface area (Å²) in [5, 5.41) is -0.134. The van der Waals surface area contributed by atoms with Crippen molar-refractivity contribution in [2.75, 3.05) is 31.1 Å². The van der Waals surface area contributed by atoms with Gasteiger partial charge in [0.1, 0.15) is 5.82 Å². The van der Waals surface area contributed by atoms with E-state index in [1.165, 1.54) is 11.0 Å². The van der Waals surface area contributed by atoms with Gasteiger partial charge in [0.15, 0.2) is 11.6 Å². The Morgan fingerprint density at radius 2 is 1.70 bits per heavy atom. The highest BCUT2D eigenvalue weighted by molar-refractivity contribution is 6.33. The fourth-order valence-corrected chi connectivity index (χ4v) is 3.04. The van der Waals surface area contributed by atoms with E-state index in [4.69, 9.17) is 11.6 Å². The maximum atomic E-state index is 13.3. The molecule has 3 rings (SSSR count). The van der Waals surface area contributed by atoms with Gasteiger partial charge in [-0.05, 0) is 24.3 Å². The number of hydrogen-bond acceptors (Lipinski definition) is 3. The van der Waals surface area contributed by atoms with Crippen LogP contribution in [0.4, 0.5) is 27.8 Å². The zero-order valence-corrected chi connectivity index (χ0v) is 14.5. The number of piperazine rings is 1. The predicted molar refractivity (Wildman–Crippen MR) is 88.7 cm³/mol. The van der Waals surface area contributed by atoms with E-state index in [-0.39, 0.29) is 42.6 Å². The molecule has 27 heavy (non-hydrogen) atoms. The SMILES string of the molecule is O=C(c1ccc(F)c(F)c1)N1CCN(c2ncc(C(F)(F)F)cc2Cl)CC1. The van der Waals surface area contributed by atoms with E-state index in [0.29, 0.717) is 6.20 Å². The van der Waals surface area contributed by atoms with Crippen LogP contribution in [-0.4, -0.2) is 42.0 Å². The molecule has 1 aliphatic rings.